The molecule has 8 heteroatoms. The van der Waals surface area contributed by atoms with Crippen molar-refractivity contribution >= 4 is 24.0 Å². The highest BCUT2D eigenvalue weighted by atomic mass is 16.6. The topological polar surface area (TPSA) is 125 Å². The highest BCUT2D eigenvalue weighted by molar-refractivity contribution is 6.02. The first-order valence-electron chi connectivity index (χ1n) is 10.6. The van der Waals surface area contributed by atoms with Crippen LogP contribution in [0.2, 0.25) is 0 Å². The Morgan fingerprint density at radius 1 is 0.943 bits per heavy atom. The molecule has 3 aromatic rings. The molecule has 0 aliphatic carbocycles. The van der Waals surface area contributed by atoms with Gasteiger partial charge >= 0.3 is 5.97 Å². The fraction of sp³-hybridized carbons (Fsp3) is 0.111. The summed E-state index contributed by atoms with van der Waals surface area (Å²) >= 11 is 0. The Kier molecular flexibility index (Phi) is 8.59. The average molecular weight is 467 g/mol. The van der Waals surface area contributed by atoms with Crippen molar-refractivity contribution < 1.29 is 23.5 Å². The molecule has 3 rings (SSSR count). The van der Waals surface area contributed by atoms with Gasteiger partial charge in [-0.2, -0.15) is 10.5 Å². The number of rotatable bonds is 9. The quantitative estimate of drug-likeness (QED) is 0.214. The lowest BCUT2D eigenvalue weighted by Gasteiger charge is -2.11. The molecule has 2 aromatic carbocycles. The van der Waals surface area contributed by atoms with Crippen LogP contribution in [0.15, 0.2) is 82.5 Å². The van der Waals surface area contributed by atoms with Gasteiger partial charge in [-0.3, -0.25) is 4.79 Å². The minimum absolute atomic E-state index is 0.101. The first-order chi connectivity index (χ1) is 17.0. The van der Waals surface area contributed by atoms with Crippen molar-refractivity contribution in [3.05, 3.63) is 95.0 Å². The van der Waals surface area contributed by atoms with Crippen LogP contribution >= 0.6 is 0 Å². The third-order valence-corrected chi connectivity index (χ3v) is 4.60. The van der Waals surface area contributed by atoms with E-state index in [1.165, 1.54) is 30.5 Å². The fourth-order valence-electron chi connectivity index (χ4n) is 2.97. The van der Waals surface area contributed by atoms with Crippen LogP contribution in [-0.4, -0.2) is 18.5 Å². The van der Waals surface area contributed by atoms with Crippen molar-refractivity contribution in [2.75, 3.05) is 6.61 Å². The van der Waals surface area contributed by atoms with Crippen LogP contribution in [0.25, 0.3) is 12.2 Å². The van der Waals surface area contributed by atoms with Crippen molar-refractivity contribution in [1.29, 1.82) is 10.5 Å². The van der Waals surface area contributed by atoms with Crippen LogP contribution < -0.4 is 14.8 Å². The zero-order valence-corrected chi connectivity index (χ0v) is 18.9. The van der Waals surface area contributed by atoms with Crippen LogP contribution in [0.1, 0.15) is 23.8 Å². The first kappa shape index (κ1) is 24.6. The Bertz CT molecular complexity index is 1330. The van der Waals surface area contributed by atoms with Gasteiger partial charge in [0.25, 0.3) is 5.91 Å². The average Bonchev–Trinajstić information content (AvgIpc) is 3.40. The number of carbonyl (C=O) groups excluding carboxylic acids is 2. The van der Waals surface area contributed by atoms with Crippen molar-refractivity contribution in [1.82, 2.24) is 5.32 Å². The number of benzene rings is 2. The van der Waals surface area contributed by atoms with E-state index < -0.39 is 11.9 Å². The van der Waals surface area contributed by atoms with E-state index in [4.69, 9.17) is 13.9 Å². The molecule has 0 atom stereocenters. The van der Waals surface area contributed by atoms with Gasteiger partial charge in [0.2, 0.25) is 0 Å². The molecule has 1 amide bonds. The lowest BCUT2D eigenvalue weighted by atomic mass is 10.1. The monoisotopic (exact) mass is 467 g/mol. The Morgan fingerprint density at radius 2 is 1.69 bits per heavy atom. The highest BCUT2D eigenvalue weighted by Gasteiger charge is 2.16. The maximum absolute atomic E-state index is 12.6. The third-order valence-electron chi connectivity index (χ3n) is 4.60. The molecule has 0 aliphatic rings. The van der Waals surface area contributed by atoms with Crippen molar-refractivity contribution in [2.24, 2.45) is 0 Å². The Morgan fingerprint density at radius 3 is 2.34 bits per heavy atom. The molecule has 8 nitrogen and oxygen atoms in total. The second kappa shape index (κ2) is 12.2. The summed E-state index contributed by atoms with van der Waals surface area (Å²) in [5.74, 6) is -0.528. The second-order valence-corrected chi connectivity index (χ2v) is 7.04. The zero-order valence-electron chi connectivity index (χ0n) is 18.9. The molecule has 0 saturated carbocycles. The van der Waals surface area contributed by atoms with Gasteiger partial charge in [0, 0.05) is 0 Å². The number of furan rings is 1. The van der Waals surface area contributed by atoms with Gasteiger partial charge in [-0.15, -0.1) is 0 Å². The van der Waals surface area contributed by atoms with E-state index in [-0.39, 0.29) is 35.8 Å². The molecule has 1 N–H and O–H groups in total. The summed E-state index contributed by atoms with van der Waals surface area (Å²) in [7, 11) is 0. The van der Waals surface area contributed by atoms with Crippen LogP contribution in [0.5, 0.6) is 11.5 Å². The summed E-state index contributed by atoms with van der Waals surface area (Å²) in [4.78, 5) is 25.0. The molecule has 0 radical (unpaired) electrons. The summed E-state index contributed by atoms with van der Waals surface area (Å²) in [6.07, 6.45) is 4.31. The maximum Gasteiger partial charge on any atom is 0.354 e. The number of esters is 1. The molecule has 0 spiro atoms. The summed E-state index contributed by atoms with van der Waals surface area (Å²) in [5.41, 5.74) is 0.864. The molecule has 1 heterocycles. The Balaban J connectivity index is 1.79. The summed E-state index contributed by atoms with van der Waals surface area (Å²) in [6.45, 7) is 2.17. The number of carbonyl (C=O) groups is 2. The van der Waals surface area contributed by atoms with Crippen LogP contribution in [0.3, 0.4) is 0 Å². The number of ether oxygens (including phenoxy) is 2. The molecule has 0 unspecified atom stereocenters. The molecule has 0 fully saturated rings. The lowest BCUT2D eigenvalue weighted by molar-refractivity contribution is -0.129. The Hall–Kier alpha value is -5.08. The summed E-state index contributed by atoms with van der Waals surface area (Å²) < 4.78 is 16.1. The minimum Gasteiger partial charge on any atom is -0.490 e. The molecular formula is C27H21N3O5. The van der Waals surface area contributed by atoms with Gasteiger partial charge in [-0.1, -0.05) is 36.4 Å². The van der Waals surface area contributed by atoms with E-state index in [2.05, 4.69) is 5.32 Å². The van der Waals surface area contributed by atoms with Gasteiger partial charge in [-0.05, 0) is 54.5 Å². The summed E-state index contributed by atoms with van der Waals surface area (Å²) in [5, 5.41) is 21.4. The van der Waals surface area contributed by atoms with E-state index in [1.54, 1.807) is 49.4 Å². The number of nitrogens with zero attached hydrogens (tertiary/aromatic N) is 2. The number of hydrogen-bond acceptors (Lipinski definition) is 7. The van der Waals surface area contributed by atoms with Gasteiger partial charge < -0.3 is 19.2 Å². The minimum atomic E-state index is -0.837. The van der Waals surface area contributed by atoms with Gasteiger partial charge in [0.05, 0.1) is 19.4 Å². The smallest absolute Gasteiger partial charge is 0.354 e. The van der Waals surface area contributed by atoms with Gasteiger partial charge in [-0.25, -0.2) is 4.79 Å². The van der Waals surface area contributed by atoms with Gasteiger partial charge in [0.1, 0.15) is 29.0 Å². The van der Waals surface area contributed by atoms with E-state index >= 15 is 0 Å². The van der Waals surface area contributed by atoms with E-state index in [0.717, 1.165) is 0 Å². The molecule has 174 valence electrons. The van der Waals surface area contributed by atoms with E-state index in [9.17, 15) is 20.1 Å². The number of nitrogens with one attached hydrogen (secondary N) is 1. The molecule has 1 aromatic heterocycles. The molecule has 0 saturated heterocycles. The number of hydrogen-bond donors (Lipinski definition) is 1. The fourth-order valence-corrected chi connectivity index (χ4v) is 2.97. The first-order valence-corrected chi connectivity index (χ1v) is 10.6. The number of amides is 1. The molecular weight excluding hydrogens is 446 g/mol. The SMILES string of the molecule is CCOc1cc(/C=C(/C#N)C(=O)NCc2ccco2)ccc1OC(=O)/C(C#N)=C/c1ccccc1. The zero-order chi connectivity index (χ0) is 25.0. The summed E-state index contributed by atoms with van der Waals surface area (Å²) in [6, 6.07) is 20.6. The molecule has 0 bridgehead atoms. The van der Waals surface area contributed by atoms with Crippen molar-refractivity contribution in [3.63, 3.8) is 0 Å². The van der Waals surface area contributed by atoms with Crippen LogP contribution in [0, 0.1) is 22.7 Å². The second-order valence-electron chi connectivity index (χ2n) is 7.04. The third kappa shape index (κ3) is 6.95. The lowest BCUT2D eigenvalue weighted by Crippen LogP contribution is -2.23. The van der Waals surface area contributed by atoms with Crippen LogP contribution in [-0.2, 0) is 16.1 Å². The van der Waals surface area contributed by atoms with Gasteiger partial charge in [0.15, 0.2) is 11.5 Å². The number of nitriles is 2. The van der Waals surface area contributed by atoms with Crippen LogP contribution in [0.4, 0.5) is 0 Å². The normalized spacial score (nSPS) is 11.2. The van der Waals surface area contributed by atoms with Crippen molar-refractivity contribution in [3.8, 4) is 23.6 Å². The highest BCUT2D eigenvalue weighted by Crippen LogP contribution is 2.30. The predicted octanol–water partition coefficient (Wildman–Crippen LogP) is 4.41. The largest absolute Gasteiger partial charge is 0.490 e. The predicted molar refractivity (Wildman–Crippen MR) is 127 cm³/mol. The van der Waals surface area contributed by atoms with E-state index in [0.29, 0.717) is 16.9 Å². The molecule has 35 heavy (non-hydrogen) atoms. The Labute approximate surface area is 202 Å². The standard InChI is InChI=1S/C27H21N3O5/c1-2-33-25-15-20(14-21(16-28)26(31)30-18-23-9-6-12-34-23)10-11-24(25)35-27(32)22(17-29)13-19-7-4-3-5-8-19/h3-15H,2,18H2,1H3,(H,30,31)/b21-14-,22-13+. The molecule has 0 aliphatic heterocycles. The maximum atomic E-state index is 12.6. The van der Waals surface area contributed by atoms with Crippen molar-refractivity contribution in [2.45, 2.75) is 13.5 Å². The van der Waals surface area contributed by atoms with E-state index in [1.807, 2.05) is 18.2 Å².